The van der Waals surface area contributed by atoms with Gasteiger partial charge < -0.3 is 19.8 Å². The van der Waals surface area contributed by atoms with Crippen LogP contribution in [0, 0.1) is 5.92 Å². The first-order chi connectivity index (χ1) is 13.1. The molecule has 1 unspecified atom stereocenters. The number of aromatic nitrogens is 2. The van der Waals surface area contributed by atoms with Gasteiger partial charge in [0.1, 0.15) is 11.4 Å². The Labute approximate surface area is 164 Å². The van der Waals surface area contributed by atoms with E-state index in [0.717, 1.165) is 11.3 Å². The van der Waals surface area contributed by atoms with Crippen molar-refractivity contribution >= 4 is 19.2 Å². The molecule has 9 heteroatoms. The first-order valence-corrected chi connectivity index (χ1v) is 10.7. The maximum Gasteiger partial charge on any atom is 0.337 e. The zero-order valence-corrected chi connectivity index (χ0v) is 17.3. The van der Waals surface area contributed by atoms with Crippen molar-refractivity contribution in [3.8, 4) is 17.1 Å². The third-order valence-electron chi connectivity index (χ3n) is 3.81. The number of anilines is 1. The van der Waals surface area contributed by atoms with Crippen molar-refractivity contribution in [2.75, 3.05) is 5.32 Å². The molecule has 1 amide bonds. The average Bonchev–Trinajstić information content (AvgIpc) is 2.59. The Morgan fingerprint density at radius 2 is 1.68 bits per heavy atom. The number of carbonyl (C=O) groups excluding carboxylic acids is 1. The number of hydrogen-bond acceptors (Lipinski definition) is 5. The van der Waals surface area contributed by atoms with E-state index in [9.17, 15) is 19.1 Å². The number of rotatable bonds is 8. The molecule has 3 N–H and O–H groups in total. The van der Waals surface area contributed by atoms with Gasteiger partial charge in [-0.15, -0.1) is 0 Å². The van der Waals surface area contributed by atoms with Gasteiger partial charge in [-0.1, -0.05) is 13.8 Å². The molecule has 0 saturated carbocycles. The largest absolute Gasteiger partial charge is 0.491 e. The van der Waals surface area contributed by atoms with Crippen LogP contribution in [0.4, 0.5) is 5.69 Å². The third-order valence-corrected chi connectivity index (χ3v) is 5.06. The van der Waals surface area contributed by atoms with Crippen LogP contribution in [0.5, 0.6) is 5.75 Å². The van der Waals surface area contributed by atoms with Crippen LogP contribution in [0.2, 0.25) is 0 Å². The summed E-state index contributed by atoms with van der Waals surface area (Å²) < 4.78 is 17.2. The highest BCUT2D eigenvalue weighted by atomic mass is 31.2. The highest BCUT2D eigenvalue weighted by Gasteiger charge is 2.36. The van der Waals surface area contributed by atoms with E-state index in [1.165, 1.54) is 12.4 Å². The number of ether oxygens (including phenoxy) is 1. The first-order valence-electron chi connectivity index (χ1n) is 9.01. The molecule has 0 saturated heterocycles. The quantitative estimate of drug-likeness (QED) is 0.573. The topological polar surface area (TPSA) is 122 Å². The number of nitrogens with zero attached hydrogens (tertiary/aromatic N) is 2. The highest BCUT2D eigenvalue weighted by molar-refractivity contribution is 7.53. The molecule has 1 aromatic heterocycles. The van der Waals surface area contributed by atoms with E-state index in [0.29, 0.717) is 5.82 Å². The van der Waals surface area contributed by atoms with Crippen LogP contribution < -0.4 is 10.1 Å². The number of carbonyl (C=O) groups is 1. The minimum Gasteiger partial charge on any atom is -0.491 e. The Balaban J connectivity index is 2.09. The van der Waals surface area contributed by atoms with Gasteiger partial charge in [0.25, 0.3) is 0 Å². The van der Waals surface area contributed by atoms with Crippen LogP contribution in [0.1, 0.15) is 34.1 Å². The van der Waals surface area contributed by atoms with Crippen LogP contribution >= 0.6 is 7.60 Å². The summed E-state index contributed by atoms with van der Waals surface area (Å²) in [5.41, 5.74) is -0.349. The van der Waals surface area contributed by atoms with E-state index in [1.807, 2.05) is 38.1 Å². The van der Waals surface area contributed by atoms with Gasteiger partial charge >= 0.3 is 7.60 Å². The summed E-state index contributed by atoms with van der Waals surface area (Å²) in [6, 6.07) is 7.31. The van der Waals surface area contributed by atoms with Crippen LogP contribution in [0.25, 0.3) is 11.4 Å². The van der Waals surface area contributed by atoms with Crippen LogP contribution in [-0.2, 0) is 9.36 Å². The maximum absolute atomic E-state index is 12.3. The molecule has 2 rings (SSSR count). The molecule has 0 aliphatic rings. The van der Waals surface area contributed by atoms with Gasteiger partial charge in [-0.25, -0.2) is 9.97 Å². The molecule has 0 spiro atoms. The van der Waals surface area contributed by atoms with Crippen LogP contribution in [0.3, 0.4) is 0 Å². The number of benzene rings is 1. The number of hydrogen-bond donors (Lipinski definition) is 3. The van der Waals surface area contributed by atoms with Gasteiger partial charge in [0.2, 0.25) is 5.91 Å². The van der Waals surface area contributed by atoms with E-state index in [2.05, 4.69) is 15.3 Å². The van der Waals surface area contributed by atoms with E-state index >= 15 is 0 Å². The summed E-state index contributed by atoms with van der Waals surface area (Å²) in [6.07, 6.45) is 2.98. The molecule has 2 aromatic rings. The van der Waals surface area contributed by atoms with Gasteiger partial charge in [0, 0.05) is 5.56 Å². The van der Waals surface area contributed by atoms with Gasteiger partial charge in [-0.3, -0.25) is 9.36 Å². The molecular weight excluding hydrogens is 381 g/mol. The maximum atomic E-state index is 12.3. The fourth-order valence-corrected chi connectivity index (χ4v) is 3.63. The molecule has 1 atom stereocenters. The molecule has 0 aliphatic heterocycles. The molecule has 0 bridgehead atoms. The number of nitrogens with one attached hydrogen (secondary N) is 1. The summed E-state index contributed by atoms with van der Waals surface area (Å²) in [5, 5.41) is 2.49. The van der Waals surface area contributed by atoms with Gasteiger partial charge in [-0.2, -0.15) is 0 Å². The van der Waals surface area contributed by atoms with E-state index in [1.54, 1.807) is 13.8 Å². The minimum absolute atomic E-state index is 0.0374. The zero-order valence-electron chi connectivity index (χ0n) is 16.4. The predicted octanol–water partition coefficient (Wildman–Crippen LogP) is 3.46. The lowest BCUT2D eigenvalue weighted by atomic mass is 10.1. The third kappa shape index (κ3) is 6.41. The lowest BCUT2D eigenvalue weighted by molar-refractivity contribution is -0.116. The summed E-state index contributed by atoms with van der Waals surface area (Å²) in [4.78, 5) is 39.6. The summed E-state index contributed by atoms with van der Waals surface area (Å²) in [5.74, 6) is 0.428. The van der Waals surface area contributed by atoms with E-state index in [-0.39, 0.29) is 24.1 Å². The smallest absolute Gasteiger partial charge is 0.337 e. The summed E-state index contributed by atoms with van der Waals surface area (Å²) >= 11 is 0. The normalized spacial score (nSPS) is 12.9. The lowest BCUT2D eigenvalue weighted by Crippen LogP contribution is -2.29. The van der Waals surface area contributed by atoms with Gasteiger partial charge in [0.15, 0.2) is 5.82 Å². The lowest BCUT2D eigenvalue weighted by Gasteiger charge is -2.19. The van der Waals surface area contributed by atoms with Gasteiger partial charge in [0.05, 0.1) is 24.2 Å². The fraction of sp³-hybridized carbons (Fsp3) is 0.421. The van der Waals surface area contributed by atoms with Crippen molar-refractivity contribution in [1.82, 2.24) is 9.97 Å². The Hall–Kier alpha value is -2.28. The van der Waals surface area contributed by atoms with Crippen molar-refractivity contribution in [1.29, 1.82) is 0 Å². The van der Waals surface area contributed by atoms with Crippen LogP contribution in [-0.4, -0.2) is 37.4 Å². The highest BCUT2D eigenvalue weighted by Crippen LogP contribution is 2.44. The second kappa shape index (κ2) is 9.28. The Kier molecular flexibility index (Phi) is 7.29. The number of amides is 1. The summed E-state index contributed by atoms with van der Waals surface area (Å²) in [6.45, 7) is 7.49. The molecule has 152 valence electrons. The van der Waals surface area contributed by atoms with Crippen molar-refractivity contribution < 1.29 is 23.9 Å². The van der Waals surface area contributed by atoms with Crippen molar-refractivity contribution in [3.05, 3.63) is 36.7 Å². The van der Waals surface area contributed by atoms with Crippen molar-refractivity contribution in [2.45, 2.75) is 45.9 Å². The Bertz CT molecular complexity index is 832. The molecule has 0 aliphatic carbocycles. The SMILES string of the molecule is CC(C)CC(C(=O)Nc1cnc(-c2ccc(OC(C)C)cc2)nc1)P(=O)(O)O. The van der Waals surface area contributed by atoms with Crippen LogP contribution in [0.15, 0.2) is 36.7 Å². The Morgan fingerprint density at radius 1 is 1.11 bits per heavy atom. The first kappa shape index (κ1) is 22.0. The monoisotopic (exact) mass is 407 g/mol. The second-order valence-corrected chi connectivity index (χ2v) is 9.01. The summed E-state index contributed by atoms with van der Waals surface area (Å²) in [7, 11) is -4.56. The van der Waals surface area contributed by atoms with Gasteiger partial charge in [-0.05, 0) is 50.5 Å². The second-order valence-electron chi connectivity index (χ2n) is 7.21. The standard InChI is InChI=1S/C19H26N3O5P/c1-12(2)9-17(28(24,25)26)19(23)22-15-10-20-18(21-11-15)14-5-7-16(8-6-14)27-13(3)4/h5-8,10-13,17H,9H2,1-4H3,(H,22,23)(H2,24,25,26). The van der Waals surface area contributed by atoms with Crippen molar-refractivity contribution in [2.24, 2.45) is 5.92 Å². The molecule has 0 fully saturated rings. The average molecular weight is 407 g/mol. The molecule has 1 heterocycles. The molecule has 0 radical (unpaired) electrons. The zero-order chi connectivity index (χ0) is 20.9. The van der Waals surface area contributed by atoms with E-state index < -0.39 is 19.2 Å². The van der Waals surface area contributed by atoms with Crippen molar-refractivity contribution in [3.63, 3.8) is 0 Å². The Morgan fingerprint density at radius 3 is 2.14 bits per heavy atom. The molecule has 28 heavy (non-hydrogen) atoms. The molecule has 1 aromatic carbocycles. The fourth-order valence-electron chi connectivity index (χ4n) is 2.57. The minimum atomic E-state index is -4.56. The molecule has 8 nitrogen and oxygen atoms in total. The van der Waals surface area contributed by atoms with E-state index in [4.69, 9.17) is 4.74 Å². The molecular formula is C19H26N3O5P. The predicted molar refractivity (Wildman–Crippen MR) is 107 cm³/mol.